The number of aromatic nitrogens is 1. The number of carbonyl (C=O) groups is 1. The minimum atomic E-state index is 0.0111. The van der Waals surface area contributed by atoms with Gasteiger partial charge in [0.15, 0.2) is 11.6 Å². The lowest BCUT2D eigenvalue weighted by molar-refractivity contribution is 0.0919. The van der Waals surface area contributed by atoms with Gasteiger partial charge in [-0.1, -0.05) is 11.6 Å². The zero-order valence-electron chi connectivity index (χ0n) is 19.1. The zero-order valence-corrected chi connectivity index (χ0v) is 19.9. The van der Waals surface area contributed by atoms with Crippen molar-refractivity contribution >= 4 is 23.3 Å². The molecule has 1 saturated carbocycles. The van der Waals surface area contributed by atoms with Gasteiger partial charge in [-0.25, -0.2) is 4.98 Å². The van der Waals surface area contributed by atoms with Gasteiger partial charge in [0.05, 0.1) is 6.61 Å². The standard InChI is InChI=1S/C26H33ClN4O2/c27-22-5-3-21(4-6-22)26(32)29-23-7-1-19(2-8-23)10-13-30-14-16-31(17-15-30)25-24-20(9-12-28-25)11-18-33-24/h3-6,9,12,19,23H,1-2,7-8,10-11,13-18H2,(H,29,32)/t19-,23-. The van der Waals surface area contributed by atoms with E-state index in [1.165, 1.54) is 24.8 Å². The average molecular weight is 469 g/mol. The quantitative estimate of drug-likeness (QED) is 0.689. The van der Waals surface area contributed by atoms with Crippen molar-refractivity contribution < 1.29 is 9.53 Å². The summed E-state index contributed by atoms with van der Waals surface area (Å²) in [5.41, 5.74) is 1.98. The molecule has 3 heterocycles. The molecule has 3 aliphatic rings. The molecule has 0 spiro atoms. The van der Waals surface area contributed by atoms with E-state index < -0.39 is 0 Å². The lowest BCUT2D eigenvalue weighted by Crippen LogP contribution is -2.47. The Morgan fingerprint density at radius 2 is 1.82 bits per heavy atom. The summed E-state index contributed by atoms with van der Waals surface area (Å²) in [6, 6.07) is 9.48. The predicted octanol–water partition coefficient (Wildman–Crippen LogP) is 4.17. The molecule has 2 fully saturated rings. The Kier molecular flexibility index (Phi) is 7.02. The van der Waals surface area contributed by atoms with Gasteiger partial charge in [0, 0.05) is 61.0 Å². The largest absolute Gasteiger partial charge is 0.489 e. The number of fused-ring (bicyclic) bond motifs is 1. The first-order valence-electron chi connectivity index (χ1n) is 12.3. The monoisotopic (exact) mass is 468 g/mol. The molecule has 1 aromatic carbocycles. The van der Waals surface area contributed by atoms with Crippen molar-refractivity contribution in [1.82, 2.24) is 15.2 Å². The zero-order chi connectivity index (χ0) is 22.6. The van der Waals surface area contributed by atoms with Crippen molar-refractivity contribution in [3.05, 3.63) is 52.7 Å². The van der Waals surface area contributed by atoms with E-state index in [4.69, 9.17) is 16.3 Å². The fourth-order valence-corrected chi connectivity index (χ4v) is 5.46. The molecule has 0 bridgehead atoms. The summed E-state index contributed by atoms with van der Waals surface area (Å²) in [4.78, 5) is 22.0. The van der Waals surface area contributed by atoms with Gasteiger partial charge in [0.25, 0.3) is 5.91 Å². The molecular weight excluding hydrogens is 436 g/mol. The molecular formula is C26H33ClN4O2. The van der Waals surface area contributed by atoms with Crippen LogP contribution < -0.4 is 15.0 Å². The van der Waals surface area contributed by atoms with E-state index in [0.29, 0.717) is 10.6 Å². The average Bonchev–Trinajstić information content (AvgIpc) is 3.34. The number of nitrogens with zero attached hydrogens (tertiary/aromatic N) is 3. The van der Waals surface area contributed by atoms with E-state index in [0.717, 1.165) is 76.1 Å². The van der Waals surface area contributed by atoms with Crippen LogP contribution in [0.2, 0.25) is 5.02 Å². The van der Waals surface area contributed by atoms with Crippen molar-refractivity contribution in [2.24, 2.45) is 5.92 Å². The molecule has 1 aliphatic carbocycles. The van der Waals surface area contributed by atoms with Gasteiger partial charge in [-0.05, 0) is 74.9 Å². The van der Waals surface area contributed by atoms with Crippen molar-refractivity contribution in [2.75, 3.05) is 44.2 Å². The van der Waals surface area contributed by atoms with E-state index in [1.54, 1.807) is 24.3 Å². The van der Waals surface area contributed by atoms with Crippen molar-refractivity contribution in [3.8, 4) is 5.75 Å². The topological polar surface area (TPSA) is 57.7 Å². The summed E-state index contributed by atoms with van der Waals surface area (Å²) >= 11 is 5.92. The van der Waals surface area contributed by atoms with Crippen LogP contribution in [0.5, 0.6) is 5.75 Å². The van der Waals surface area contributed by atoms with Crippen LogP contribution in [0.15, 0.2) is 36.5 Å². The summed E-state index contributed by atoms with van der Waals surface area (Å²) in [6.45, 7) is 6.13. The molecule has 176 valence electrons. The number of anilines is 1. The molecule has 2 aliphatic heterocycles. The van der Waals surface area contributed by atoms with Crippen LogP contribution in [0.3, 0.4) is 0 Å². The molecule has 7 heteroatoms. The van der Waals surface area contributed by atoms with E-state index in [9.17, 15) is 4.79 Å². The Labute approximate surface area is 201 Å². The summed E-state index contributed by atoms with van der Waals surface area (Å²) in [5, 5.41) is 3.86. The van der Waals surface area contributed by atoms with E-state index in [1.807, 2.05) is 6.20 Å². The van der Waals surface area contributed by atoms with Gasteiger partial charge in [0.2, 0.25) is 0 Å². The Balaban J connectivity index is 1.02. The first kappa shape index (κ1) is 22.5. The van der Waals surface area contributed by atoms with Crippen LogP contribution in [0.1, 0.15) is 48.0 Å². The van der Waals surface area contributed by atoms with E-state index in [-0.39, 0.29) is 11.9 Å². The lowest BCUT2D eigenvalue weighted by Gasteiger charge is -2.37. The summed E-state index contributed by atoms with van der Waals surface area (Å²) in [7, 11) is 0. The smallest absolute Gasteiger partial charge is 0.251 e. The second-order valence-corrected chi connectivity index (χ2v) is 9.97. The number of carbonyl (C=O) groups excluding carboxylic acids is 1. The number of ether oxygens (including phenoxy) is 1. The number of piperazine rings is 1. The highest BCUT2D eigenvalue weighted by Crippen LogP contribution is 2.34. The Bertz CT molecular complexity index is 951. The van der Waals surface area contributed by atoms with Gasteiger partial charge >= 0.3 is 0 Å². The van der Waals surface area contributed by atoms with Crippen molar-refractivity contribution in [1.29, 1.82) is 0 Å². The number of pyridine rings is 1. The number of hydrogen-bond acceptors (Lipinski definition) is 5. The Morgan fingerprint density at radius 1 is 1.06 bits per heavy atom. The SMILES string of the molecule is O=C(N[C@H]1CC[C@H](CCN2CCN(c3nccc4c3OCC4)CC2)CC1)c1ccc(Cl)cc1. The molecule has 1 aromatic heterocycles. The second kappa shape index (κ2) is 10.3. The lowest BCUT2D eigenvalue weighted by atomic mass is 9.84. The van der Waals surface area contributed by atoms with Gasteiger partial charge in [-0.3, -0.25) is 9.69 Å². The van der Waals surface area contributed by atoms with Crippen LogP contribution in [0.25, 0.3) is 0 Å². The van der Waals surface area contributed by atoms with Gasteiger partial charge < -0.3 is 15.0 Å². The number of amides is 1. The molecule has 0 radical (unpaired) electrons. The molecule has 2 aromatic rings. The van der Waals surface area contributed by atoms with Gasteiger partial charge in [-0.15, -0.1) is 0 Å². The number of hydrogen-bond donors (Lipinski definition) is 1. The maximum Gasteiger partial charge on any atom is 0.251 e. The van der Waals surface area contributed by atoms with Crippen molar-refractivity contribution in [2.45, 2.75) is 44.6 Å². The summed E-state index contributed by atoms with van der Waals surface area (Å²) in [5.74, 6) is 2.81. The fourth-order valence-electron chi connectivity index (χ4n) is 5.33. The van der Waals surface area contributed by atoms with Crippen LogP contribution in [-0.4, -0.2) is 61.2 Å². The van der Waals surface area contributed by atoms with Crippen LogP contribution in [-0.2, 0) is 6.42 Å². The fraction of sp³-hybridized carbons (Fsp3) is 0.538. The highest BCUT2D eigenvalue weighted by molar-refractivity contribution is 6.30. The molecule has 0 unspecified atom stereocenters. The molecule has 33 heavy (non-hydrogen) atoms. The van der Waals surface area contributed by atoms with Crippen LogP contribution in [0, 0.1) is 5.92 Å². The predicted molar refractivity (Wildman–Crippen MR) is 131 cm³/mol. The highest BCUT2D eigenvalue weighted by Gasteiger charge is 2.26. The van der Waals surface area contributed by atoms with Gasteiger partial charge in [-0.2, -0.15) is 0 Å². The maximum absolute atomic E-state index is 12.5. The van der Waals surface area contributed by atoms with Gasteiger partial charge in [0.1, 0.15) is 0 Å². The molecule has 1 amide bonds. The molecule has 1 N–H and O–H groups in total. The second-order valence-electron chi connectivity index (χ2n) is 9.54. The molecule has 6 nitrogen and oxygen atoms in total. The minimum absolute atomic E-state index is 0.0111. The number of benzene rings is 1. The van der Waals surface area contributed by atoms with E-state index >= 15 is 0 Å². The highest BCUT2D eigenvalue weighted by atomic mass is 35.5. The first-order valence-corrected chi connectivity index (χ1v) is 12.7. The molecule has 5 rings (SSSR count). The third kappa shape index (κ3) is 5.44. The first-order chi connectivity index (χ1) is 16.2. The normalized spacial score (nSPS) is 23.1. The molecule has 1 saturated heterocycles. The molecule has 0 atom stereocenters. The number of halogens is 1. The van der Waals surface area contributed by atoms with E-state index in [2.05, 4.69) is 26.2 Å². The summed E-state index contributed by atoms with van der Waals surface area (Å²) in [6.07, 6.45) is 8.71. The third-order valence-electron chi connectivity index (χ3n) is 7.40. The maximum atomic E-state index is 12.5. The van der Waals surface area contributed by atoms with Crippen LogP contribution in [0.4, 0.5) is 5.82 Å². The Morgan fingerprint density at radius 3 is 2.58 bits per heavy atom. The van der Waals surface area contributed by atoms with Crippen molar-refractivity contribution in [3.63, 3.8) is 0 Å². The Hall–Kier alpha value is -2.31. The third-order valence-corrected chi connectivity index (χ3v) is 7.65. The summed E-state index contributed by atoms with van der Waals surface area (Å²) < 4.78 is 5.85. The minimum Gasteiger partial charge on any atom is -0.489 e. The number of nitrogens with one attached hydrogen (secondary N) is 1. The number of rotatable bonds is 6. The van der Waals surface area contributed by atoms with Crippen LogP contribution >= 0.6 is 11.6 Å².